The average Bonchev–Trinajstić information content (AvgIpc) is 0.927. The molecule has 0 fully saturated rings. The number of likely N-dealkylation sites (N-methyl/N-ethyl adjacent to an activating group) is 1. The van der Waals surface area contributed by atoms with E-state index in [0.29, 0.717) is 83.8 Å². The van der Waals surface area contributed by atoms with E-state index in [-0.39, 0.29) is 249 Å². The van der Waals surface area contributed by atoms with Gasteiger partial charge < -0.3 is 101 Å². The lowest BCUT2D eigenvalue weighted by Gasteiger charge is -2.18. The van der Waals surface area contributed by atoms with Crippen molar-refractivity contribution in [3.8, 4) is 0 Å². The van der Waals surface area contributed by atoms with Crippen LogP contribution in [-0.4, -0.2) is 278 Å². The van der Waals surface area contributed by atoms with Crippen LogP contribution in [0.2, 0.25) is 0 Å². The predicted molar refractivity (Wildman–Crippen MR) is 416 cm³/mol. The number of carbonyl (C=O) groups excluding carboxylic acids is 9. The summed E-state index contributed by atoms with van der Waals surface area (Å²) in [5.74, 6) is -7.63. The van der Waals surface area contributed by atoms with Crippen molar-refractivity contribution in [2.45, 2.75) is 268 Å². The third-order valence-electron chi connectivity index (χ3n) is 17.8. The number of ether oxygens (including phenoxy) is 8. The summed E-state index contributed by atoms with van der Waals surface area (Å²) in [6.45, 7) is 2.48. The highest BCUT2D eigenvalue weighted by atomic mass is 16.5. The first kappa shape index (κ1) is 106. The molecule has 113 heavy (non-hydrogen) atoms. The van der Waals surface area contributed by atoms with Gasteiger partial charge in [0.15, 0.2) is 11.6 Å². The molecule has 13 N–H and O–H groups in total. The lowest BCUT2D eigenvalue weighted by atomic mass is 10.0. The van der Waals surface area contributed by atoms with Crippen molar-refractivity contribution in [3.05, 3.63) is 0 Å². The largest absolute Gasteiger partial charge is 0.481 e. The molecule has 0 saturated heterocycles. The second kappa shape index (κ2) is 76.1. The molecule has 4 atom stereocenters. The van der Waals surface area contributed by atoms with Gasteiger partial charge in [-0.25, -0.2) is 9.59 Å². The Kier molecular flexibility index (Phi) is 71.2. The molecule has 35 nitrogen and oxygen atoms in total. The third kappa shape index (κ3) is 72.2. The van der Waals surface area contributed by atoms with Gasteiger partial charge in [0.1, 0.15) is 50.3 Å². The van der Waals surface area contributed by atoms with Crippen LogP contribution in [0.4, 0.5) is 0 Å². The van der Waals surface area contributed by atoms with E-state index in [9.17, 15) is 82.4 Å². The lowest BCUT2D eigenvalue weighted by Crippen LogP contribution is -2.45. The molecule has 0 rings (SSSR count). The zero-order valence-electron chi connectivity index (χ0n) is 67.2. The first-order chi connectivity index (χ1) is 54.5. The van der Waals surface area contributed by atoms with Crippen LogP contribution < -0.4 is 42.5 Å². The van der Waals surface area contributed by atoms with Crippen LogP contribution in [0.15, 0.2) is 0 Å². The van der Waals surface area contributed by atoms with Crippen LogP contribution in [0.25, 0.3) is 0 Å². The van der Waals surface area contributed by atoms with E-state index < -0.39 is 54.0 Å². The maximum absolute atomic E-state index is 13.0. The van der Waals surface area contributed by atoms with Crippen LogP contribution in [0.5, 0.6) is 0 Å². The van der Waals surface area contributed by atoms with Crippen molar-refractivity contribution >= 4 is 82.6 Å². The minimum Gasteiger partial charge on any atom is -0.481 e. The zero-order chi connectivity index (χ0) is 83.4. The zero-order valence-corrected chi connectivity index (χ0v) is 67.2. The molecule has 0 saturated carbocycles. The van der Waals surface area contributed by atoms with Gasteiger partial charge >= 0.3 is 29.8 Å². The van der Waals surface area contributed by atoms with Crippen LogP contribution in [0.1, 0.15) is 244 Å². The molecular formula is C78H138N8O27. The van der Waals surface area contributed by atoms with Crippen molar-refractivity contribution < 1.29 is 131 Å². The molecule has 0 aliphatic carbocycles. The maximum Gasteiger partial charge on any atom is 0.326 e. The van der Waals surface area contributed by atoms with Crippen LogP contribution in [-0.2, 0) is 105 Å². The Morgan fingerprint density at radius 3 is 0.973 bits per heavy atom. The SMILES string of the molecule is CN[C@@H](CCCCNC(=O)COCCOCCCC(=O)COCCOCCNC(=O)CC[C@H](NC(=O)CCCCCCCCCCCCC(=O)O)C(=O)O)C(=O)CN[C@@H](CCCCNC(=O)COCCOCCNC(=O)COCCOCCCC(=O)CC[C@H](NC(=O)CCCCCCCCCCCCC(=O)O)C(=O)O)C(=O)O. The number of nitrogens with one attached hydrogen (secondary N) is 8. The highest BCUT2D eigenvalue weighted by Crippen LogP contribution is 2.15. The predicted octanol–water partition coefficient (Wildman–Crippen LogP) is 5.05. The Balaban J connectivity index is 3.87. The van der Waals surface area contributed by atoms with Crippen molar-refractivity contribution in [1.82, 2.24) is 42.5 Å². The van der Waals surface area contributed by atoms with E-state index in [1.807, 2.05) is 0 Å². The lowest BCUT2D eigenvalue weighted by molar-refractivity contribution is -0.142. The summed E-state index contributed by atoms with van der Waals surface area (Å²) in [6, 6.07) is -3.83. The van der Waals surface area contributed by atoms with Gasteiger partial charge in [0, 0.05) is 90.8 Å². The van der Waals surface area contributed by atoms with E-state index in [0.717, 1.165) is 103 Å². The second-order valence-corrected chi connectivity index (χ2v) is 27.8. The minimum atomic E-state index is -1.21. The summed E-state index contributed by atoms with van der Waals surface area (Å²) in [5, 5.41) is 67.9. The number of unbranched alkanes of at least 4 members (excludes halogenated alkanes) is 20. The highest BCUT2D eigenvalue weighted by molar-refractivity contribution is 5.87. The maximum atomic E-state index is 13.0. The summed E-state index contributed by atoms with van der Waals surface area (Å²) in [7, 11) is 1.64. The molecule has 0 unspecified atom stereocenters. The van der Waals surface area contributed by atoms with Crippen LogP contribution in [0.3, 0.4) is 0 Å². The fraction of sp³-hybridized carbons (Fsp3) is 0.821. The van der Waals surface area contributed by atoms with Gasteiger partial charge in [0.25, 0.3) is 0 Å². The molecule has 0 aliphatic rings. The number of carboxylic acids is 5. The van der Waals surface area contributed by atoms with Gasteiger partial charge in [-0.3, -0.25) is 62.9 Å². The molecule has 0 aromatic carbocycles. The van der Waals surface area contributed by atoms with Gasteiger partial charge in [-0.1, -0.05) is 103 Å². The van der Waals surface area contributed by atoms with Crippen LogP contribution in [0, 0.1) is 0 Å². The summed E-state index contributed by atoms with van der Waals surface area (Å²) in [6.07, 6.45) is 23.8. The molecule has 35 heteroatoms. The average molecular weight is 1620 g/mol. The normalized spacial score (nSPS) is 12.3. The molecule has 0 aromatic heterocycles. The standard InChI is InChI=1S/C78H138N8O27/c1-79-63(30-22-24-40-80-71(93)58-111-53-49-107-45-27-29-62(88)57-110-52-50-108-46-42-82-68(90)39-38-66(78(104)105)86-70(92)33-19-15-11-7-3-5-9-13-17-21-35-75(98)99)67(89)56-84-64(76(100)101)31-23-25-41-81-72(94)59-113-55-51-109-47-43-83-73(95)60-112-54-48-106-44-26-28-61(87)36-37-65(77(102)103)85-69(91)32-18-14-10-6-2-4-8-12-16-20-34-74(96)97/h63-66,79,84H,2-60H2,1H3,(H,80,93)(H,81,94)(H,82,90)(H,83,95)(H,85,91)(H,86,92)(H,96,97)(H,98,99)(H,100,101)(H,102,103)(H,104,105)/t63-,64-,65-,66-/m0/s1. The summed E-state index contributed by atoms with van der Waals surface area (Å²) >= 11 is 0. The molecule has 0 aromatic rings. The van der Waals surface area contributed by atoms with Crippen molar-refractivity contribution in [3.63, 3.8) is 0 Å². The van der Waals surface area contributed by atoms with Gasteiger partial charge in [0.2, 0.25) is 35.4 Å². The number of carboxylic acid groups (broad SMARTS) is 5. The summed E-state index contributed by atoms with van der Waals surface area (Å²) in [5.41, 5.74) is 0. The Hall–Kier alpha value is -7.22. The Labute approximate surface area is 666 Å². The van der Waals surface area contributed by atoms with Crippen molar-refractivity contribution in [1.29, 1.82) is 0 Å². The number of ketones is 3. The number of Topliss-reactive ketones (excluding diaryl/α,β-unsaturated/α-hetero) is 3. The summed E-state index contributed by atoms with van der Waals surface area (Å²) in [4.78, 5) is 168. The van der Waals surface area contributed by atoms with E-state index in [1.165, 1.54) is 0 Å². The quantitative estimate of drug-likeness (QED) is 0.0354. The molecule has 0 spiro atoms. The molecule has 652 valence electrons. The molecule has 0 radical (unpaired) electrons. The molecule has 0 bridgehead atoms. The van der Waals surface area contributed by atoms with Crippen molar-refractivity contribution in [2.24, 2.45) is 0 Å². The third-order valence-corrected chi connectivity index (χ3v) is 17.8. The first-order valence-electron chi connectivity index (χ1n) is 40.9. The van der Waals surface area contributed by atoms with E-state index in [4.69, 9.17) is 48.1 Å². The van der Waals surface area contributed by atoms with Gasteiger partial charge in [-0.05, 0) is 96.9 Å². The fourth-order valence-electron chi connectivity index (χ4n) is 11.4. The monoisotopic (exact) mass is 1620 g/mol. The number of rotatable bonds is 86. The topological polar surface area (TPSA) is 510 Å². The van der Waals surface area contributed by atoms with Gasteiger partial charge in [-0.2, -0.15) is 0 Å². The van der Waals surface area contributed by atoms with E-state index in [2.05, 4.69) is 42.5 Å². The van der Waals surface area contributed by atoms with Gasteiger partial charge in [0.05, 0.1) is 78.7 Å². The molecule has 0 aliphatic heterocycles. The number of hydrogen-bond acceptors (Lipinski definition) is 24. The fourth-order valence-corrected chi connectivity index (χ4v) is 11.4. The number of amides is 6. The Bertz CT molecular complexity index is 2610. The minimum absolute atomic E-state index is 0.00496. The Morgan fingerprint density at radius 1 is 0.257 bits per heavy atom. The van der Waals surface area contributed by atoms with Crippen LogP contribution >= 0.6 is 0 Å². The number of aliphatic carboxylic acids is 5. The molecule has 0 heterocycles. The Morgan fingerprint density at radius 2 is 0.584 bits per heavy atom. The smallest absolute Gasteiger partial charge is 0.326 e. The number of hydrogen-bond donors (Lipinski definition) is 13. The van der Waals surface area contributed by atoms with E-state index >= 15 is 0 Å². The van der Waals surface area contributed by atoms with E-state index in [1.54, 1.807) is 7.05 Å². The molecule has 6 amide bonds. The number of carbonyl (C=O) groups is 14. The first-order valence-corrected chi connectivity index (χ1v) is 40.9. The second-order valence-electron chi connectivity index (χ2n) is 27.8. The molecular weight excluding hydrogens is 1480 g/mol. The van der Waals surface area contributed by atoms with Gasteiger partial charge in [-0.15, -0.1) is 0 Å². The highest BCUT2D eigenvalue weighted by Gasteiger charge is 2.24. The summed E-state index contributed by atoms with van der Waals surface area (Å²) < 4.78 is 43.2. The van der Waals surface area contributed by atoms with Crippen molar-refractivity contribution in [2.75, 3.05) is 145 Å².